The van der Waals surface area contributed by atoms with Gasteiger partial charge in [0.05, 0.1) is 5.69 Å². The Balaban J connectivity index is 2.22. The Morgan fingerprint density at radius 1 is 1.29 bits per heavy atom. The molecular formula is C9H13N5. The second-order valence-corrected chi connectivity index (χ2v) is 3.38. The molecule has 0 amide bonds. The van der Waals surface area contributed by atoms with Crippen molar-refractivity contribution < 1.29 is 0 Å². The van der Waals surface area contributed by atoms with Crippen molar-refractivity contribution in [3.8, 4) is 0 Å². The molecule has 0 spiro atoms. The average molecular weight is 191 g/mol. The van der Waals surface area contributed by atoms with Gasteiger partial charge < -0.3 is 4.57 Å². The van der Waals surface area contributed by atoms with Gasteiger partial charge in [0.1, 0.15) is 12.4 Å². The van der Waals surface area contributed by atoms with Crippen LogP contribution in [0.1, 0.15) is 17.3 Å². The minimum absolute atomic E-state index is 0.672. The molecule has 5 heteroatoms. The molecule has 5 nitrogen and oxygen atoms in total. The maximum atomic E-state index is 4.29. The zero-order valence-corrected chi connectivity index (χ0v) is 8.60. The van der Waals surface area contributed by atoms with Gasteiger partial charge in [-0.15, -0.1) is 10.2 Å². The summed E-state index contributed by atoms with van der Waals surface area (Å²) < 4.78 is 3.83. The van der Waals surface area contributed by atoms with E-state index in [0.717, 1.165) is 17.3 Å². The van der Waals surface area contributed by atoms with Crippen LogP contribution in [0.25, 0.3) is 0 Å². The van der Waals surface area contributed by atoms with E-state index in [9.17, 15) is 0 Å². The van der Waals surface area contributed by atoms with Crippen molar-refractivity contribution in [1.82, 2.24) is 24.5 Å². The molecule has 0 aliphatic rings. The highest BCUT2D eigenvalue weighted by Crippen LogP contribution is 2.01. The highest BCUT2D eigenvalue weighted by Gasteiger charge is 2.05. The van der Waals surface area contributed by atoms with Crippen LogP contribution < -0.4 is 0 Å². The van der Waals surface area contributed by atoms with Gasteiger partial charge in [-0.25, -0.2) is 0 Å². The summed E-state index contributed by atoms with van der Waals surface area (Å²) in [6, 6.07) is 1.98. The Morgan fingerprint density at radius 2 is 2.07 bits per heavy atom. The van der Waals surface area contributed by atoms with Crippen LogP contribution in [0.4, 0.5) is 0 Å². The third-order valence-corrected chi connectivity index (χ3v) is 2.26. The van der Waals surface area contributed by atoms with Crippen LogP contribution in [0.2, 0.25) is 0 Å². The normalized spacial score (nSPS) is 10.8. The van der Waals surface area contributed by atoms with E-state index >= 15 is 0 Å². The molecule has 0 aromatic carbocycles. The number of aryl methyl sites for hydroxylation is 2. The van der Waals surface area contributed by atoms with Crippen molar-refractivity contribution in [2.24, 2.45) is 7.05 Å². The quantitative estimate of drug-likeness (QED) is 0.701. The molecule has 0 saturated heterocycles. The van der Waals surface area contributed by atoms with Crippen LogP contribution in [-0.4, -0.2) is 24.5 Å². The molecule has 14 heavy (non-hydrogen) atoms. The van der Waals surface area contributed by atoms with Crippen molar-refractivity contribution in [2.75, 3.05) is 0 Å². The van der Waals surface area contributed by atoms with E-state index in [1.807, 2.05) is 42.4 Å². The molecule has 0 aliphatic heterocycles. The maximum Gasteiger partial charge on any atom is 0.154 e. The molecule has 0 N–H and O–H groups in total. The fourth-order valence-corrected chi connectivity index (χ4v) is 1.28. The predicted octanol–water partition coefficient (Wildman–Crippen LogP) is 0.677. The molecule has 2 aromatic rings. The van der Waals surface area contributed by atoms with E-state index in [2.05, 4.69) is 15.3 Å². The largest absolute Gasteiger partial charge is 0.317 e. The first-order chi connectivity index (χ1) is 6.66. The van der Waals surface area contributed by atoms with E-state index in [0.29, 0.717) is 6.54 Å². The lowest BCUT2D eigenvalue weighted by Gasteiger charge is -2.01. The molecule has 0 bridgehead atoms. The van der Waals surface area contributed by atoms with Gasteiger partial charge in [0, 0.05) is 13.2 Å². The lowest BCUT2D eigenvalue weighted by atomic mass is 10.5. The summed E-state index contributed by atoms with van der Waals surface area (Å²) in [5.74, 6) is 1.84. The number of hydrogen-bond acceptors (Lipinski definition) is 3. The topological polar surface area (TPSA) is 48.5 Å². The van der Waals surface area contributed by atoms with E-state index in [-0.39, 0.29) is 0 Å². The zero-order chi connectivity index (χ0) is 10.1. The van der Waals surface area contributed by atoms with Crippen molar-refractivity contribution in [2.45, 2.75) is 20.4 Å². The molecule has 0 fully saturated rings. The van der Waals surface area contributed by atoms with Gasteiger partial charge in [0.25, 0.3) is 0 Å². The van der Waals surface area contributed by atoms with Crippen molar-refractivity contribution in [3.63, 3.8) is 0 Å². The lowest BCUT2D eigenvalue weighted by Crippen LogP contribution is -2.07. The second kappa shape index (κ2) is 3.25. The van der Waals surface area contributed by atoms with E-state index in [1.165, 1.54) is 0 Å². The fraction of sp³-hybridized carbons (Fsp3) is 0.444. The van der Waals surface area contributed by atoms with Gasteiger partial charge in [0.15, 0.2) is 5.82 Å². The highest BCUT2D eigenvalue weighted by molar-refractivity contribution is 4.98. The van der Waals surface area contributed by atoms with Crippen LogP contribution in [0, 0.1) is 13.8 Å². The number of aromatic nitrogens is 5. The summed E-state index contributed by atoms with van der Waals surface area (Å²) in [5.41, 5.74) is 1.02. The smallest absolute Gasteiger partial charge is 0.154 e. The Kier molecular flexibility index (Phi) is 2.07. The number of hydrogen-bond donors (Lipinski definition) is 0. The molecular weight excluding hydrogens is 178 g/mol. The summed E-state index contributed by atoms with van der Waals surface area (Å²) >= 11 is 0. The summed E-state index contributed by atoms with van der Waals surface area (Å²) in [4.78, 5) is 0. The van der Waals surface area contributed by atoms with Crippen molar-refractivity contribution >= 4 is 0 Å². The maximum absolute atomic E-state index is 4.29. The molecule has 2 rings (SSSR count). The Morgan fingerprint density at radius 3 is 2.57 bits per heavy atom. The van der Waals surface area contributed by atoms with Gasteiger partial charge in [-0.05, 0) is 19.9 Å². The molecule has 0 radical (unpaired) electrons. The number of rotatable bonds is 2. The fourth-order valence-electron chi connectivity index (χ4n) is 1.28. The van der Waals surface area contributed by atoms with Crippen LogP contribution in [0.5, 0.6) is 0 Å². The minimum atomic E-state index is 0.672. The van der Waals surface area contributed by atoms with Crippen molar-refractivity contribution in [3.05, 3.63) is 29.6 Å². The van der Waals surface area contributed by atoms with Gasteiger partial charge in [-0.3, -0.25) is 4.68 Å². The van der Waals surface area contributed by atoms with Crippen LogP contribution >= 0.6 is 0 Å². The SMILES string of the molecule is Cc1ccn(Cc2nnc(C)n2C)n1. The molecule has 0 atom stereocenters. The van der Waals surface area contributed by atoms with Crippen LogP contribution in [-0.2, 0) is 13.6 Å². The molecule has 2 heterocycles. The second-order valence-electron chi connectivity index (χ2n) is 3.38. The highest BCUT2D eigenvalue weighted by atomic mass is 15.3. The summed E-state index contributed by atoms with van der Waals surface area (Å²) in [7, 11) is 1.96. The van der Waals surface area contributed by atoms with Crippen LogP contribution in [0.15, 0.2) is 12.3 Å². The van der Waals surface area contributed by atoms with Crippen LogP contribution in [0.3, 0.4) is 0 Å². The van der Waals surface area contributed by atoms with E-state index in [4.69, 9.17) is 0 Å². The predicted molar refractivity (Wildman–Crippen MR) is 51.8 cm³/mol. The zero-order valence-electron chi connectivity index (χ0n) is 8.60. The molecule has 0 unspecified atom stereocenters. The van der Waals surface area contributed by atoms with E-state index in [1.54, 1.807) is 0 Å². The Labute approximate surface area is 82.4 Å². The average Bonchev–Trinajstić information content (AvgIpc) is 2.67. The van der Waals surface area contributed by atoms with Gasteiger partial charge >= 0.3 is 0 Å². The third-order valence-electron chi connectivity index (χ3n) is 2.26. The first-order valence-electron chi connectivity index (χ1n) is 4.52. The monoisotopic (exact) mass is 191 g/mol. The molecule has 2 aromatic heterocycles. The standard InChI is InChI=1S/C9H13N5/c1-7-4-5-14(12-7)6-9-11-10-8(2)13(9)3/h4-5H,6H2,1-3H3. The molecule has 0 saturated carbocycles. The van der Waals surface area contributed by atoms with Crippen molar-refractivity contribution in [1.29, 1.82) is 0 Å². The third kappa shape index (κ3) is 1.53. The first-order valence-corrected chi connectivity index (χ1v) is 4.52. The first kappa shape index (κ1) is 8.93. The van der Waals surface area contributed by atoms with Gasteiger partial charge in [-0.2, -0.15) is 5.10 Å². The Bertz CT molecular complexity index is 440. The van der Waals surface area contributed by atoms with Gasteiger partial charge in [0.2, 0.25) is 0 Å². The van der Waals surface area contributed by atoms with E-state index < -0.39 is 0 Å². The van der Waals surface area contributed by atoms with Gasteiger partial charge in [-0.1, -0.05) is 0 Å². The summed E-state index contributed by atoms with van der Waals surface area (Å²) in [6.07, 6.45) is 1.94. The molecule has 0 aliphatic carbocycles. The number of nitrogens with zero attached hydrogens (tertiary/aromatic N) is 5. The minimum Gasteiger partial charge on any atom is -0.317 e. The molecule has 74 valence electrons. The summed E-state index contributed by atoms with van der Waals surface area (Å²) in [6.45, 7) is 4.58. The Hall–Kier alpha value is -1.65. The lowest BCUT2D eigenvalue weighted by molar-refractivity contribution is 0.623. The summed E-state index contributed by atoms with van der Waals surface area (Å²) in [5, 5.41) is 12.4.